The highest BCUT2D eigenvalue weighted by Gasteiger charge is 2.43. The largest absolute Gasteiger partial charge is 0.463 e. The number of carbonyl (C=O) groups excluding carboxylic acids is 1. The van der Waals surface area contributed by atoms with Crippen molar-refractivity contribution in [1.29, 1.82) is 0 Å². The first-order valence-electron chi connectivity index (χ1n) is 12.8. The Morgan fingerprint density at radius 3 is 2.57 bits per heavy atom. The molecule has 0 atom stereocenters. The van der Waals surface area contributed by atoms with E-state index in [1.165, 1.54) is 12.1 Å². The molecule has 2 aromatic heterocycles. The Labute approximate surface area is 215 Å². The first kappa shape index (κ1) is 25.3. The Morgan fingerprint density at radius 2 is 1.86 bits per heavy atom. The summed E-state index contributed by atoms with van der Waals surface area (Å²) in [6.45, 7) is 6.39. The van der Waals surface area contributed by atoms with Crippen molar-refractivity contribution in [1.82, 2.24) is 24.8 Å². The lowest BCUT2D eigenvalue weighted by molar-refractivity contribution is -0.234. The van der Waals surface area contributed by atoms with Crippen LogP contribution in [0.3, 0.4) is 0 Å². The van der Waals surface area contributed by atoms with Crippen molar-refractivity contribution in [2.75, 3.05) is 32.9 Å². The Morgan fingerprint density at radius 1 is 1.14 bits per heavy atom. The fourth-order valence-electron chi connectivity index (χ4n) is 4.62. The molecule has 2 aliphatic heterocycles. The number of hydrogen-bond acceptors (Lipinski definition) is 7. The van der Waals surface area contributed by atoms with Crippen LogP contribution in [-0.4, -0.2) is 63.7 Å². The van der Waals surface area contributed by atoms with Crippen LogP contribution in [0.1, 0.15) is 51.6 Å². The van der Waals surface area contributed by atoms with Gasteiger partial charge in [-0.25, -0.2) is 14.4 Å². The van der Waals surface area contributed by atoms with Gasteiger partial charge >= 0.3 is 6.01 Å². The molecule has 4 heterocycles. The number of piperidine rings is 1. The number of H-pyrrole nitrogens is 1. The van der Waals surface area contributed by atoms with Crippen LogP contribution in [0.2, 0.25) is 0 Å². The minimum atomic E-state index is -0.784. The highest BCUT2D eigenvalue weighted by atomic mass is 19.1. The van der Waals surface area contributed by atoms with Crippen LogP contribution in [0.15, 0.2) is 36.5 Å². The third-order valence-corrected chi connectivity index (χ3v) is 6.65. The van der Waals surface area contributed by atoms with E-state index in [1.807, 2.05) is 18.7 Å². The van der Waals surface area contributed by atoms with Crippen LogP contribution in [0.25, 0.3) is 22.6 Å². The summed E-state index contributed by atoms with van der Waals surface area (Å²) in [4.78, 5) is 31.8. The fraction of sp³-hybridized carbons (Fsp3) is 0.481. The zero-order valence-electron chi connectivity index (χ0n) is 21.2. The van der Waals surface area contributed by atoms with Crippen molar-refractivity contribution in [2.24, 2.45) is 5.41 Å². The summed E-state index contributed by atoms with van der Waals surface area (Å²) in [6.07, 6.45) is 4.88. The van der Waals surface area contributed by atoms with Gasteiger partial charge in [0.15, 0.2) is 5.82 Å². The zero-order valence-corrected chi connectivity index (χ0v) is 21.2. The number of benzene rings is 1. The lowest BCUT2D eigenvalue weighted by Crippen LogP contribution is -2.51. The van der Waals surface area contributed by atoms with E-state index in [2.05, 4.69) is 15.0 Å². The van der Waals surface area contributed by atoms with Gasteiger partial charge in [0.2, 0.25) is 12.2 Å². The van der Waals surface area contributed by atoms with Gasteiger partial charge in [0, 0.05) is 24.8 Å². The van der Waals surface area contributed by atoms with Gasteiger partial charge in [-0.15, -0.1) is 0 Å². The number of amides is 1. The minimum absolute atomic E-state index is 0.0679. The predicted octanol–water partition coefficient (Wildman–Crippen LogP) is 4.53. The van der Waals surface area contributed by atoms with E-state index in [0.29, 0.717) is 35.1 Å². The standard InChI is InChI=1S/C27H32FN5O4/c1-3-15-35-26-29-12-11-20(30-26)22-21(18-7-9-19(28)10-8-18)31-23(32-22)24-36-16-27(2,17-37-24)25(34)33-13-5-4-6-14-33/h7-12,24H,3-6,13-17H2,1-2H3,(H,31,32). The summed E-state index contributed by atoms with van der Waals surface area (Å²) in [5.41, 5.74) is 1.70. The molecule has 1 N–H and O–H groups in total. The molecule has 2 fully saturated rings. The molecule has 0 bridgehead atoms. The van der Waals surface area contributed by atoms with Crippen molar-refractivity contribution in [2.45, 2.75) is 45.8 Å². The first-order valence-corrected chi connectivity index (χ1v) is 12.8. The lowest BCUT2D eigenvalue weighted by Gasteiger charge is -2.40. The zero-order chi connectivity index (χ0) is 25.8. The van der Waals surface area contributed by atoms with Crippen molar-refractivity contribution in [3.63, 3.8) is 0 Å². The van der Waals surface area contributed by atoms with Gasteiger partial charge in [-0.1, -0.05) is 6.92 Å². The highest BCUT2D eigenvalue weighted by Crippen LogP contribution is 2.36. The van der Waals surface area contributed by atoms with Gasteiger partial charge in [0.1, 0.15) is 5.82 Å². The second kappa shape index (κ2) is 10.9. The van der Waals surface area contributed by atoms with Gasteiger partial charge in [0.05, 0.1) is 42.3 Å². The predicted molar refractivity (Wildman–Crippen MR) is 134 cm³/mol. The van der Waals surface area contributed by atoms with E-state index < -0.39 is 11.7 Å². The fourth-order valence-corrected chi connectivity index (χ4v) is 4.62. The molecule has 2 aliphatic rings. The molecule has 5 rings (SSSR count). The number of aromatic amines is 1. The second-order valence-electron chi connectivity index (χ2n) is 9.79. The number of ether oxygens (including phenoxy) is 3. The lowest BCUT2D eigenvalue weighted by atomic mass is 9.89. The van der Waals surface area contributed by atoms with Crippen LogP contribution in [-0.2, 0) is 14.3 Å². The van der Waals surface area contributed by atoms with Crippen molar-refractivity contribution in [3.05, 3.63) is 48.2 Å². The molecule has 0 spiro atoms. The summed E-state index contributed by atoms with van der Waals surface area (Å²) in [6, 6.07) is 8.09. The maximum absolute atomic E-state index is 13.6. The number of rotatable bonds is 7. The van der Waals surface area contributed by atoms with Gasteiger partial charge in [-0.3, -0.25) is 4.79 Å². The summed E-state index contributed by atoms with van der Waals surface area (Å²) in [7, 11) is 0. The van der Waals surface area contributed by atoms with Crippen LogP contribution >= 0.6 is 0 Å². The number of nitrogens with one attached hydrogen (secondary N) is 1. The van der Waals surface area contributed by atoms with Gasteiger partial charge in [-0.2, -0.15) is 4.98 Å². The Balaban J connectivity index is 1.40. The number of likely N-dealkylation sites (tertiary alicyclic amines) is 1. The first-order chi connectivity index (χ1) is 18.0. The number of imidazole rings is 1. The molecule has 37 heavy (non-hydrogen) atoms. The topological polar surface area (TPSA) is 102 Å². The van der Waals surface area contributed by atoms with Crippen molar-refractivity contribution in [3.8, 4) is 28.7 Å². The summed E-state index contributed by atoms with van der Waals surface area (Å²) >= 11 is 0. The minimum Gasteiger partial charge on any atom is -0.463 e. The smallest absolute Gasteiger partial charge is 0.316 e. The van der Waals surface area contributed by atoms with Crippen LogP contribution in [0.4, 0.5) is 4.39 Å². The maximum atomic E-state index is 13.6. The van der Waals surface area contributed by atoms with Crippen LogP contribution < -0.4 is 4.74 Å². The molecule has 1 aromatic carbocycles. The number of aromatic nitrogens is 4. The Hall–Kier alpha value is -3.37. The third-order valence-electron chi connectivity index (χ3n) is 6.65. The van der Waals surface area contributed by atoms with Crippen molar-refractivity contribution >= 4 is 5.91 Å². The Kier molecular flexibility index (Phi) is 7.48. The van der Waals surface area contributed by atoms with Gasteiger partial charge in [0.25, 0.3) is 0 Å². The monoisotopic (exact) mass is 509 g/mol. The third kappa shape index (κ3) is 5.50. The molecule has 0 radical (unpaired) electrons. The molecule has 0 aliphatic carbocycles. The summed E-state index contributed by atoms with van der Waals surface area (Å²) < 4.78 is 31.3. The molecular formula is C27H32FN5O4. The molecular weight excluding hydrogens is 477 g/mol. The summed E-state index contributed by atoms with van der Waals surface area (Å²) in [5, 5.41) is 0. The SMILES string of the molecule is CCCOc1nccc(-c2[nH]c(C3OCC(C)(C(=O)N4CCCCC4)CO3)nc2-c2ccc(F)cc2)n1. The maximum Gasteiger partial charge on any atom is 0.316 e. The highest BCUT2D eigenvalue weighted by molar-refractivity contribution is 5.83. The number of carbonyl (C=O) groups is 1. The molecule has 9 nitrogen and oxygen atoms in total. The number of nitrogens with zero attached hydrogens (tertiary/aromatic N) is 4. The second-order valence-corrected chi connectivity index (χ2v) is 9.79. The number of halogens is 1. The van der Waals surface area contributed by atoms with E-state index >= 15 is 0 Å². The van der Waals surface area contributed by atoms with E-state index in [0.717, 1.165) is 38.8 Å². The molecule has 10 heteroatoms. The van der Waals surface area contributed by atoms with Crippen LogP contribution in [0, 0.1) is 11.2 Å². The quantitative estimate of drug-likeness (QED) is 0.499. The van der Waals surface area contributed by atoms with Gasteiger partial charge in [-0.05, 0) is 62.9 Å². The van der Waals surface area contributed by atoms with Gasteiger partial charge < -0.3 is 24.1 Å². The molecule has 0 saturated carbocycles. The molecule has 2 saturated heterocycles. The average Bonchev–Trinajstić information content (AvgIpc) is 3.38. The van der Waals surface area contributed by atoms with E-state index in [4.69, 9.17) is 19.2 Å². The van der Waals surface area contributed by atoms with Crippen molar-refractivity contribution < 1.29 is 23.4 Å². The molecule has 0 unspecified atom stereocenters. The Bertz CT molecular complexity index is 1220. The van der Waals surface area contributed by atoms with Crippen LogP contribution in [0.5, 0.6) is 6.01 Å². The molecule has 196 valence electrons. The van der Waals surface area contributed by atoms with E-state index in [9.17, 15) is 9.18 Å². The van der Waals surface area contributed by atoms with E-state index in [1.54, 1.807) is 24.4 Å². The van der Waals surface area contributed by atoms with E-state index in [-0.39, 0.29) is 30.9 Å². The molecule has 3 aromatic rings. The average molecular weight is 510 g/mol. The number of hydrogen-bond donors (Lipinski definition) is 1. The summed E-state index contributed by atoms with van der Waals surface area (Å²) in [5.74, 6) is 0.171. The molecule has 1 amide bonds. The normalized spacial score (nSPS) is 22.1.